The zero-order chi connectivity index (χ0) is 20.4. The van der Waals surface area contributed by atoms with Gasteiger partial charge in [-0.2, -0.15) is 5.10 Å². The summed E-state index contributed by atoms with van der Waals surface area (Å²) in [4.78, 5) is 18.8. The van der Waals surface area contributed by atoms with Gasteiger partial charge in [-0.1, -0.05) is 6.92 Å². The van der Waals surface area contributed by atoms with Crippen LogP contribution in [0.1, 0.15) is 37.2 Å². The minimum absolute atomic E-state index is 0.205. The standard InChI is InChI=1S/C21H27FN6O/c1-3-27-11-4-5-16(13-27)20-19(15-6-8-17(22)9-7-15)23-14-28(20)12-10-18-24-25-21(29)26(18)2/h6-9,14,16H,3-5,10-13H2,1-2H3,(H,25,29). The number of nitrogens with one attached hydrogen (secondary N) is 1. The monoisotopic (exact) mass is 398 g/mol. The van der Waals surface area contributed by atoms with Crippen LogP contribution in [0.5, 0.6) is 0 Å². The third kappa shape index (κ3) is 4.03. The molecule has 1 aromatic carbocycles. The number of aryl methyl sites for hydroxylation is 2. The number of nitrogens with zero attached hydrogens (tertiary/aromatic N) is 5. The van der Waals surface area contributed by atoms with Crippen molar-refractivity contribution in [2.24, 2.45) is 7.05 Å². The van der Waals surface area contributed by atoms with E-state index in [1.165, 1.54) is 22.4 Å². The average Bonchev–Trinajstić information content (AvgIpc) is 3.31. The lowest BCUT2D eigenvalue weighted by atomic mass is 9.91. The molecule has 1 saturated heterocycles. The zero-order valence-corrected chi connectivity index (χ0v) is 16.9. The molecule has 0 saturated carbocycles. The van der Waals surface area contributed by atoms with Gasteiger partial charge in [0.15, 0.2) is 0 Å². The normalized spacial score (nSPS) is 17.7. The summed E-state index contributed by atoms with van der Waals surface area (Å²) in [6.45, 7) is 6.04. The first-order valence-electron chi connectivity index (χ1n) is 10.2. The van der Waals surface area contributed by atoms with E-state index in [1.807, 2.05) is 6.33 Å². The van der Waals surface area contributed by atoms with Gasteiger partial charge in [-0.25, -0.2) is 19.3 Å². The molecule has 0 bridgehead atoms. The predicted octanol–water partition coefficient (Wildman–Crippen LogP) is 2.55. The first-order valence-corrected chi connectivity index (χ1v) is 10.2. The van der Waals surface area contributed by atoms with Gasteiger partial charge < -0.3 is 9.47 Å². The highest BCUT2D eigenvalue weighted by Gasteiger charge is 2.27. The number of imidazole rings is 1. The van der Waals surface area contributed by atoms with Crippen LogP contribution < -0.4 is 5.69 Å². The fourth-order valence-electron chi connectivity index (χ4n) is 4.22. The fourth-order valence-corrected chi connectivity index (χ4v) is 4.22. The highest BCUT2D eigenvalue weighted by atomic mass is 19.1. The summed E-state index contributed by atoms with van der Waals surface area (Å²) < 4.78 is 17.2. The Bertz CT molecular complexity index is 1020. The molecule has 1 fully saturated rings. The molecule has 1 aliphatic rings. The molecule has 29 heavy (non-hydrogen) atoms. The van der Waals surface area contributed by atoms with Crippen molar-refractivity contribution in [1.82, 2.24) is 29.2 Å². The molecule has 0 aliphatic carbocycles. The number of rotatable bonds is 6. The molecule has 1 unspecified atom stereocenters. The summed E-state index contributed by atoms with van der Waals surface area (Å²) >= 11 is 0. The molecule has 7 nitrogen and oxygen atoms in total. The number of aromatic nitrogens is 5. The van der Waals surface area contributed by atoms with Crippen molar-refractivity contribution >= 4 is 0 Å². The third-order valence-electron chi connectivity index (χ3n) is 5.88. The molecule has 1 N–H and O–H groups in total. The number of aromatic amines is 1. The van der Waals surface area contributed by atoms with Crippen molar-refractivity contribution in [3.63, 3.8) is 0 Å². The van der Waals surface area contributed by atoms with Gasteiger partial charge in [0.2, 0.25) is 0 Å². The number of likely N-dealkylation sites (tertiary alicyclic amines) is 1. The van der Waals surface area contributed by atoms with Gasteiger partial charge >= 0.3 is 5.69 Å². The summed E-state index contributed by atoms with van der Waals surface area (Å²) in [7, 11) is 1.72. The Morgan fingerprint density at radius 2 is 2.07 bits per heavy atom. The molecule has 1 aliphatic heterocycles. The minimum atomic E-state index is -0.246. The average molecular weight is 398 g/mol. The van der Waals surface area contributed by atoms with Crippen molar-refractivity contribution < 1.29 is 4.39 Å². The Balaban J connectivity index is 1.67. The third-order valence-corrected chi connectivity index (χ3v) is 5.88. The Labute approximate surface area is 169 Å². The Morgan fingerprint density at radius 3 is 2.76 bits per heavy atom. The van der Waals surface area contributed by atoms with Crippen LogP contribution in [-0.4, -0.2) is 48.8 Å². The smallest absolute Gasteiger partial charge is 0.333 e. The highest BCUT2D eigenvalue weighted by Crippen LogP contribution is 2.34. The zero-order valence-electron chi connectivity index (χ0n) is 16.9. The van der Waals surface area contributed by atoms with Gasteiger partial charge in [0.25, 0.3) is 0 Å². The maximum atomic E-state index is 13.4. The van der Waals surface area contributed by atoms with Crippen LogP contribution in [0, 0.1) is 5.82 Å². The lowest BCUT2D eigenvalue weighted by Crippen LogP contribution is -2.35. The first kappa shape index (κ1) is 19.6. The van der Waals surface area contributed by atoms with E-state index in [0.717, 1.165) is 49.6 Å². The SMILES string of the molecule is CCN1CCCC(c2c(-c3ccc(F)cc3)ncn2CCc2n[nH]c(=O)n2C)C1. The molecule has 3 heterocycles. The second-order valence-corrected chi connectivity index (χ2v) is 7.67. The summed E-state index contributed by atoms with van der Waals surface area (Å²) in [6, 6.07) is 6.56. The van der Waals surface area contributed by atoms with E-state index in [2.05, 4.69) is 26.6 Å². The Hall–Kier alpha value is -2.74. The molecule has 3 aromatic rings. The van der Waals surface area contributed by atoms with Crippen LogP contribution in [0.4, 0.5) is 4.39 Å². The van der Waals surface area contributed by atoms with Crippen LogP contribution >= 0.6 is 0 Å². The molecule has 0 radical (unpaired) electrons. The molecular weight excluding hydrogens is 371 g/mol. The number of likely N-dealkylation sites (N-methyl/N-ethyl adjacent to an activating group) is 1. The highest BCUT2D eigenvalue weighted by molar-refractivity contribution is 5.62. The van der Waals surface area contributed by atoms with E-state index in [1.54, 1.807) is 19.2 Å². The summed E-state index contributed by atoms with van der Waals surface area (Å²) in [5.74, 6) is 0.843. The van der Waals surface area contributed by atoms with Gasteiger partial charge in [0.1, 0.15) is 11.6 Å². The lowest BCUT2D eigenvalue weighted by molar-refractivity contribution is 0.214. The maximum Gasteiger partial charge on any atom is 0.343 e. The van der Waals surface area contributed by atoms with Crippen LogP contribution in [-0.2, 0) is 20.0 Å². The molecule has 2 aromatic heterocycles. The number of halogens is 1. The van der Waals surface area contributed by atoms with E-state index < -0.39 is 0 Å². The number of piperidine rings is 1. The molecule has 0 amide bonds. The number of hydrogen-bond acceptors (Lipinski definition) is 4. The van der Waals surface area contributed by atoms with Crippen molar-refractivity contribution in [3.05, 3.63) is 58.4 Å². The molecular formula is C21H27FN6O. The summed E-state index contributed by atoms with van der Waals surface area (Å²) in [5, 5.41) is 6.61. The largest absolute Gasteiger partial charge is 0.343 e. The van der Waals surface area contributed by atoms with E-state index in [0.29, 0.717) is 18.9 Å². The lowest BCUT2D eigenvalue weighted by Gasteiger charge is -2.32. The van der Waals surface area contributed by atoms with Gasteiger partial charge in [-0.15, -0.1) is 0 Å². The molecule has 154 valence electrons. The number of H-pyrrole nitrogens is 1. The van der Waals surface area contributed by atoms with Gasteiger partial charge in [-0.05, 0) is 50.2 Å². The van der Waals surface area contributed by atoms with Crippen molar-refractivity contribution in [1.29, 1.82) is 0 Å². The van der Waals surface area contributed by atoms with Crippen molar-refractivity contribution in [3.8, 4) is 11.3 Å². The summed E-state index contributed by atoms with van der Waals surface area (Å²) in [5.41, 5.74) is 2.84. The fraction of sp³-hybridized carbons (Fsp3) is 0.476. The predicted molar refractivity (Wildman–Crippen MR) is 109 cm³/mol. The quantitative estimate of drug-likeness (QED) is 0.693. The number of benzene rings is 1. The van der Waals surface area contributed by atoms with Gasteiger partial charge in [-0.3, -0.25) is 4.57 Å². The van der Waals surface area contributed by atoms with Gasteiger partial charge in [0.05, 0.1) is 12.0 Å². The van der Waals surface area contributed by atoms with E-state index >= 15 is 0 Å². The second-order valence-electron chi connectivity index (χ2n) is 7.67. The molecule has 4 rings (SSSR count). The first-order chi connectivity index (χ1) is 14.1. The minimum Gasteiger partial charge on any atom is -0.333 e. The van der Waals surface area contributed by atoms with E-state index in [4.69, 9.17) is 4.98 Å². The van der Waals surface area contributed by atoms with E-state index in [9.17, 15) is 9.18 Å². The van der Waals surface area contributed by atoms with Crippen molar-refractivity contribution in [2.45, 2.75) is 38.6 Å². The maximum absolute atomic E-state index is 13.4. The van der Waals surface area contributed by atoms with Crippen LogP contribution in [0.15, 0.2) is 35.4 Å². The Morgan fingerprint density at radius 1 is 1.28 bits per heavy atom. The van der Waals surface area contributed by atoms with Crippen LogP contribution in [0.3, 0.4) is 0 Å². The number of hydrogen-bond donors (Lipinski definition) is 1. The van der Waals surface area contributed by atoms with Gasteiger partial charge in [0, 0.05) is 43.7 Å². The van der Waals surface area contributed by atoms with Crippen LogP contribution in [0.25, 0.3) is 11.3 Å². The summed E-state index contributed by atoms with van der Waals surface area (Å²) in [6.07, 6.45) is 4.76. The van der Waals surface area contributed by atoms with Crippen molar-refractivity contribution in [2.75, 3.05) is 19.6 Å². The topological polar surface area (TPSA) is 71.7 Å². The van der Waals surface area contributed by atoms with Crippen LogP contribution in [0.2, 0.25) is 0 Å². The molecule has 1 atom stereocenters. The molecule has 8 heteroatoms. The second kappa shape index (κ2) is 8.32. The van der Waals surface area contributed by atoms with E-state index in [-0.39, 0.29) is 11.5 Å². The Kier molecular flexibility index (Phi) is 5.62. The molecule has 0 spiro atoms.